The molecule has 0 fully saturated rings. The lowest BCUT2D eigenvalue weighted by Crippen LogP contribution is -2.29. The summed E-state index contributed by atoms with van der Waals surface area (Å²) in [5.41, 5.74) is -0.105. The van der Waals surface area contributed by atoms with Crippen molar-refractivity contribution in [2.45, 2.75) is 27.7 Å². The standard InChI is InChI=1S/C8H17NO3S/c1-5-13(11,12)6-7(9-10)8(2,3)4/h10H,5-6H2,1-4H3/b9-7+. The van der Waals surface area contributed by atoms with Gasteiger partial charge in [-0.25, -0.2) is 8.42 Å². The second kappa shape index (κ2) is 4.09. The van der Waals surface area contributed by atoms with Crippen molar-refractivity contribution in [2.24, 2.45) is 10.6 Å². The molecule has 0 aromatic heterocycles. The average molecular weight is 207 g/mol. The molecule has 4 nitrogen and oxygen atoms in total. The molecule has 0 heterocycles. The smallest absolute Gasteiger partial charge is 0.155 e. The van der Waals surface area contributed by atoms with Crippen LogP contribution in [0, 0.1) is 5.41 Å². The summed E-state index contributed by atoms with van der Waals surface area (Å²) in [5, 5.41) is 11.7. The molecule has 0 aliphatic rings. The van der Waals surface area contributed by atoms with Crippen LogP contribution in [0.3, 0.4) is 0 Å². The van der Waals surface area contributed by atoms with Crippen LogP contribution in [-0.2, 0) is 9.84 Å². The highest BCUT2D eigenvalue weighted by molar-refractivity contribution is 7.92. The van der Waals surface area contributed by atoms with Crippen molar-refractivity contribution in [1.29, 1.82) is 0 Å². The van der Waals surface area contributed by atoms with E-state index < -0.39 is 15.3 Å². The highest BCUT2D eigenvalue weighted by Gasteiger charge is 2.24. The number of oxime groups is 1. The van der Waals surface area contributed by atoms with E-state index in [1.165, 1.54) is 0 Å². The van der Waals surface area contributed by atoms with Crippen LogP contribution in [0.1, 0.15) is 27.7 Å². The first-order valence-corrected chi connectivity index (χ1v) is 5.97. The summed E-state index contributed by atoms with van der Waals surface area (Å²) in [6, 6.07) is 0. The fourth-order valence-electron chi connectivity index (χ4n) is 0.706. The summed E-state index contributed by atoms with van der Waals surface area (Å²) < 4.78 is 22.4. The zero-order valence-corrected chi connectivity index (χ0v) is 9.35. The van der Waals surface area contributed by atoms with Crippen molar-refractivity contribution in [3.05, 3.63) is 0 Å². The summed E-state index contributed by atoms with van der Waals surface area (Å²) in [5.74, 6) is -0.0917. The van der Waals surface area contributed by atoms with Crippen molar-refractivity contribution in [3.63, 3.8) is 0 Å². The largest absolute Gasteiger partial charge is 0.411 e. The lowest BCUT2D eigenvalue weighted by Gasteiger charge is -2.19. The predicted molar refractivity (Wildman–Crippen MR) is 53.0 cm³/mol. The van der Waals surface area contributed by atoms with Crippen LogP contribution in [0.15, 0.2) is 5.16 Å². The van der Waals surface area contributed by atoms with Gasteiger partial charge in [0.05, 0.1) is 11.5 Å². The van der Waals surface area contributed by atoms with Crippen molar-refractivity contribution >= 4 is 15.5 Å². The Morgan fingerprint density at radius 1 is 1.38 bits per heavy atom. The summed E-state index contributed by atoms with van der Waals surface area (Å²) >= 11 is 0. The minimum atomic E-state index is -3.10. The van der Waals surface area contributed by atoms with Gasteiger partial charge in [-0.1, -0.05) is 32.9 Å². The molecule has 0 amide bonds. The summed E-state index contributed by atoms with van der Waals surface area (Å²) in [4.78, 5) is 0. The average Bonchev–Trinajstić information content (AvgIpc) is 1.98. The van der Waals surface area contributed by atoms with E-state index in [-0.39, 0.29) is 11.5 Å². The highest BCUT2D eigenvalue weighted by atomic mass is 32.2. The Labute approximate surface area is 79.6 Å². The molecule has 0 aliphatic carbocycles. The van der Waals surface area contributed by atoms with E-state index in [4.69, 9.17) is 5.21 Å². The quantitative estimate of drug-likeness (QED) is 0.431. The maximum Gasteiger partial charge on any atom is 0.155 e. The molecule has 5 heteroatoms. The highest BCUT2D eigenvalue weighted by Crippen LogP contribution is 2.17. The van der Waals surface area contributed by atoms with Gasteiger partial charge in [0.1, 0.15) is 0 Å². The molecule has 0 unspecified atom stereocenters. The van der Waals surface area contributed by atoms with Crippen LogP contribution in [0.2, 0.25) is 0 Å². The minimum absolute atomic E-state index is 0.0715. The lowest BCUT2D eigenvalue weighted by atomic mass is 9.91. The summed E-state index contributed by atoms with van der Waals surface area (Å²) in [6.45, 7) is 7.01. The second-order valence-corrected chi connectivity index (χ2v) is 6.33. The molecular formula is C8H17NO3S. The topological polar surface area (TPSA) is 66.7 Å². The SMILES string of the molecule is CCS(=O)(=O)C/C(=N\O)C(C)(C)C. The second-order valence-electron chi connectivity index (χ2n) is 3.97. The Bertz CT molecular complexity index is 285. The Kier molecular flexibility index (Phi) is 3.90. The van der Waals surface area contributed by atoms with Crippen LogP contribution in [0.4, 0.5) is 0 Å². The van der Waals surface area contributed by atoms with Crippen LogP contribution >= 0.6 is 0 Å². The molecule has 0 aliphatic heterocycles. The molecule has 1 N–H and O–H groups in total. The van der Waals surface area contributed by atoms with Gasteiger partial charge >= 0.3 is 0 Å². The molecule has 0 aromatic carbocycles. The van der Waals surface area contributed by atoms with Gasteiger partial charge in [-0.2, -0.15) is 0 Å². The summed E-state index contributed by atoms with van der Waals surface area (Å²) in [7, 11) is -3.10. The third-order valence-electron chi connectivity index (χ3n) is 1.78. The van der Waals surface area contributed by atoms with E-state index >= 15 is 0 Å². The zero-order valence-electron chi connectivity index (χ0n) is 8.53. The first kappa shape index (κ1) is 12.4. The van der Waals surface area contributed by atoms with E-state index in [9.17, 15) is 8.42 Å². The maximum atomic E-state index is 11.2. The van der Waals surface area contributed by atoms with Gasteiger partial charge in [0.2, 0.25) is 0 Å². The fraction of sp³-hybridized carbons (Fsp3) is 0.875. The monoisotopic (exact) mass is 207 g/mol. The minimum Gasteiger partial charge on any atom is -0.411 e. The Morgan fingerprint density at radius 3 is 2.08 bits per heavy atom. The van der Waals surface area contributed by atoms with Gasteiger partial charge in [0.15, 0.2) is 9.84 Å². The molecule has 0 aromatic rings. The maximum absolute atomic E-state index is 11.2. The van der Waals surface area contributed by atoms with E-state index in [0.29, 0.717) is 5.71 Å². The van der Waals surface area contributed by atoms with Gasteiger partial charge in [0.25, 0.3) is 0 Å². The normalized spacial score (nSPS) is 14.6. The molecule has 0 rings (SSSR count). The lowest BCUT2D eigenvalue weighted by molar-refractivity contribution is 0.310. The first-order chi connectivity index (χ1) is 5.73. The van der Waals surface area contributed by atoms with E-state index in [2.05, 4.69) is 5.16 Å². The first-order valence-electron chi connectivity index (χ1n) is 4.14. The molecule has 0 radical (unpaired) electrons. The van der Waals surface area contributed by atoms with Gasteiger partial charge < -0.3 is 5.21 Å². The number of hydrogen-bond donors (Lipinski definition) is 1. The van der Waals surface area contributed by atoms with Crippen molar-refractivity contribution in [3.8, 4) is 0 Å². The van der Waals surface area contributed by atoms with Crippen molar-refractivity contribution in [2.75, 3.05) is 11.5 Å². The molecule has 0 bridgehead atoms. The molecule has 78 valence electrons. The Balaban J connectivity index is 4.71. The van der Waals surface area contributed by atoms with Gasteiger partial charge in [-0.15, -0.1) is 0 Å². The molecular weight excluding hydrogens is 190 g/mol. The molecule has 0 spiro atoms. The predicted octanol–water partition coefficient (Wildman–Crippen LogP) is 1.30. The van der Waals surface area contributed by atoms with Crippen LogP contribution in [0.5, 0.6) is 0 Å². The van der Waals surface area contributed by atoms with Crippen molar-refractivity contribution in [1.82, 2.24) is 0 Å². The van der Waals surface area contributed by atoms with Crippen LogP contribution in [0.25, 0.3) is 0 Å². The molecule has 13 heavy (non-hydrogen) atoms. The van der Waals surface area contributed by atoms with E-state index in [1.54, 1.807) is 6.92 Å². The molecule has 0 saturated heterocycles. The summed E-state index contributed by atoms with van der Waals surface area (Å²) in [6.07, 6.45) is 0. The fourth-order valence-corrected chi connectivity index (χ4v) is 1.82. The van der Waals surface area contributed by atoms with Crippen LogP contribution < -0.4 is 0 Å². The number of sulfone groups is 1. The third kappa shape index (κ3) is 4.26. The van der Waals surface area contributed by atoms with E-state index in [0.717, 1.165) is 0 Å². The number of rotatable bonds is 3. The zero-order chi connectivity index (χ0) is 10.7. The van der Waals surface area contributed by atoms with Gasteiger partial charge in [0, 0.05) is 11.2 Å². The van der Waals surface area contributed by atoms with Gasteiger partial charge in [-0.3, -0.25) is 0 Å². The number of nitrogens with zero attached hydrogens (tertiary/aromatic N) is 1. The Hall–Kier alpha value is -0.580. The van der Waals surface area contributed by atoms with Crippen LogP contribution in [-0.4, -0.2) is 30.8 Å². The van der Waals surface area contributed by atoms with Gasteiger partial charge in [-0.05, 0) is 0 Å². The number of hydrogen-bond acceptors (Lipinski definition) is 4. The molecule has 0 saturated carbocycles. The third-order valence-corrected chi connectivity index (χ3v) is 3.38. The Morgan fingerprint density at radius 2 is 1.85 bits per heavy atom. The van der Waals surface area contributed by atoms with Crippen molar-refractivity contribution < 1.29 is 13.6 Å². The molecule has 0 atom stereocenters. The van der Waals surface area contributed by atoms with E-state index in [1.807, 2.05) is 20.8 Å².